The van der Waals surface area contributed by atoms with Gasteiger partial charge in [-0.05, 0) is 30.2 Å². The highest BCUT2D eigenvalue weighted by atomic mass is 31.1. The molecule has 2 atom stereocenters. The van der Waals surface area contributed by atoms with Gasteiger partial charge < -0.3 is 14.7 Å². The molecule has 3 aromatic rings. The van der Waals surface area contributed by atoms with E-state index in [0.717, 1.165) is 5.56 Å². The summed E-state index contributed by atoms with van der Waals surface area (Å²) < 4.78 is 30.8. The van der Waals surface area contributed by atoms with Gasteiger partial charge in [0.05, 0.1) is 29.5 Å². The van der Waals surface area contributed by atoms with E-state index in [2.05, 4.69) is 11.8 Å². The summed E-state index contributed by atoms with van der Waals surface area (Å²) in [7, 11) is -2.66. The van der Waals surface area contributed by atoms with Crippen LogP contribution in [-0.4, -0.2) is 45.0 Å². The second kappa shape index (κ2) is 12.4. The number of halogens is 1. The summed E-state index contributed by atoms with van der Waals surface area (Å²) in [5.41, 5.74) is 3.30. The summed E-state index contributed by atoms with van der Waals surface area (Å²) in [4.78, 5) is 20.1. The maximum Gasteiger partial charge on any atom is 0.305 e. The third-order valence-corrected chi connectivity index (χ3v) is 6.24. The molecule has 0 saturated carbocycles. The first-order valence-corrected chi connectivity index (χ1v) is 12.5. The van der Waals surface area contributed by atoms with Crippen molar-refractivity contribution in [3.8, 4) is 34.5 Å². The van der Waals surface area contributed by atoms with Crippen molar-refractivity contribution in [1.82, 2.24) is 9.97 Å². The van der Waals surface area contributed by atoms with Gasteiger partial charge in [-0.3, -0.25) is 9.36 Å². The van der Waals surface area contributed by atoms with Crippen molar-refractivity contribution in [2.24, 2.45) is 0 Å². The number of aliphatic hydroxyl groups excluding tert-OH is 1. The molecule has 2 unspecified atom stereocenters. The van der Waals surface area contributed by atoms with Gasteiger partial charge in [-0.2, -0.15) is 0 Å². The minimum atomic E-state index is -2.66. The van der Waals surface area contributed by atoms with Crippen LogP contribution in [0.1, 0.15) is 37.4 Å². The van der Waals surface area contributed by atoms with E-state index in [1.54, 1.807) is 12.1 Å². The molecule has 0 aliphatic heterocycles. The fourth-order valence-corrected chi connectivity index (χ4v) is 4.20. The summed E-state index contributed by atoms with van der Waals surface area (Å²) in [5.74, 6) is 4.81. The third kappa shape index (κ3) is 7.56. The van der Waals surface area contributed by atoms with E-state index < -0.39 is 26.5 Å². The van der Waals surface area contributed by atoms with Gasteiger partial charge in [-0.25, -0.2) is 14.4 Å². The molecule has 35 heavy (non-hydrogen) atoms. The largest absolute Gasteiger partial charge is 0.481 e. The number of aliphatic hydroxyl groups is 1. The monoisotopic (exact) mass is 496 g/mol. The average Bonchev–Trinajstić information content (AvgIpc) is 2.82. The zero-order valence-corrected chi connectivity index (χ0v) is 20.4. The molecule has 7 nitrogen and oxygen atoms in total. The van der Waals surface area contributed by atoms with Crippen LogP contribution in [0.2, 0.25) is 0 Å². The molecule has 0 aliphatic carbocycles. The van der Waals surface area contributed by atoms with Crippen LogP contribution in [0.25, 0.3) is 22.6 Å². The maximum atomic E-state index is 13.6. The number of nitrogens with zero attached hydrogens (tertiary/aromatic N) is 2. The maximum absolute atomic E-state index is 13.6. The fraction of sp³-hybridized carbons (Fsp3) is 0.269. The van der Waals surface area contributed by atoms with Gasteiger partial charge in [0.2, 0.25) is 0 Å². The predicted molar refractivity (Wildman–Crippen MR) is 132 cm³/mol. The lowest BCUT2D eigenvalue weighted by atomic mass is 9.98. The molecule has 1 heterocycles. The van der Waals surface area contributed by atoms with Gasteiger partial charge in [0.15, 0.2) is 13.9 Å². The number of aromatic nitrogens is 2. The van der Waals surface area contributed by atoms with E-state index in [4.69, 9.17) is 19.6 Å². The summed E-state index contributed by atoms with van der Waals surface area (Å²) >= 11 is 0. The van der Waals surface area contributed by atoms with Gasteiger partial charge in [0.25, 0.3) is 0 Å². The first-order chi connectivity index (χ1) is 16.7. The smallest absolute Gasteiger partial charge is 0.305 e. The average molecular weight is 496 g/mol. The number of benzene rings is 2. The number of hydrogen-bond donors (Lipinski definition) is 2. The fourth-order valence-electron chi connectivity index (χ4n) is 3.32. The Kier molecular flexibility index (Phi) is 9.27. The Balaban J connectivity index is 1.95. The zero-order chi connectivity index (χ0) is 25.4. The van der Waals surface area contributed by atoms with Crippen LogP contribution in [-0.2, 0) is 13.9 Å². The molecule has 0 radical (unpaired) electrons. The summed E-state index contributed by atoms with van der Waals surface area (Å²) in [6.45, 7) is 3.78. The zero-order valence-electron chi connectivity index (χ0n) is 19.4. The first-order valence-electron chi connectivity index (χ1n) is 11.0. The van der Waals surface area contributed by atoms with Crippen molar-refractivity contribution in [3.05, 3.63) is 71.7 Å². The number of rotatable bonds is 9. The van der Waals surface area contributed by atoms with Crippen LogP contribution < -0.4 is 0 Å². The third-order valence-electron chi connectivity index (χ3n) is 4.96. The summed E-state index contributed by atoms with van der Waals surface area (Å²) in [6, 6.07) is 15.5. The molecule has 2 aromatic carbocycles. The molecule has 0 saturated heterocycles. The van der Waals surface area contributed by atoms with Gasteiger partial charge in [-0.1, -0.05) is 56.0 Å². The standard InChI is InChI=1S/C26H26FN2O5P/c1-17(2)24-22(9-6-14-34-35(33)16-21(30)15-23(31)32)25(18-10-12-20(27)13-11-18)29-26(28-24)19-7-4-3-5-8-19/h3-5,7-8,10-13,17,21,30,35H,14-16H2,1-2H3,(H,31,32). The lowest BCUT2D eigenvalue weighted by molar-refractivity contribution is -0.138. The number of carbonyl (C=O) groups is 1. The van der Waals surface area contributed by atoms with E-state index in [9.17, 15) is 18.9 Å². The van der Waals surface area contributed by atoms with Crippen LogP contribution in [0.15, 0.2) is 54.6 Å². The van der Waals surface area contributed by atoms with Crippen molar-refractivity contribution in [2.45, 2.75) is 32.3 Å². The Bertz CT molecular complexity index is 1250. The Morgan fingerprint density at radius 1 is 1.09 bits per heavy atom. The van der Waals surface area contributed by atoms with Crippen molar-refractivity contribution in [3.63, 3.8) is 0 Å². The Hall–Kier alpha value is -3.37. The highest BCUT2D eigenvalue weighted by Crippen LogP contribution is 2.30. The molecular formula is C26H26FN2O5P. The molecule has 1 aromatic heterocycles. The lowest BCUT2D eigenvalue weighted by Crippen LogP contribution is -2.15. The second-order valence-corrected chi connectivity index (χ2v) is 9.54. The number of hydrogen-bond acceptors (Lipinski definition) is 6. The molecule has 0 bridgehead atoms. The molecular weight excluding hydrogens is 470 g/mol. The minimum absolute atomic E-state index is 0.00447. The normalized spacial score (nSPS) is 12.6. The second-order valence-electron chi connectivity index (χ2n) is 8.10. The Morgan fingerprint density at radius 3 is 2.40 bits per heavy atom. The molecule has 182 valence electrons. The number of carboxylic acids is 1. The summed E-state index contributed by atoms with van der Waals surface area (Å²) in [6.07, 6.45) is -2.01. The molecule has 0 spiro atoms. The Morgan fingerprint density at radius 2 is 1.77 bits per heavy atom. The topological polar surface area (TPSA) is 110 Å². The van der Waals surface area contributed by atoms with Crippen LogP contribution in [0.4, 0.5) is 4.39 Å². The van der Waals surface area contributed by atoms with Crippen LogP contribution >= 0.6 is 8.03 Å². The van der Waals surface area contributed by atoms with Crippen molar-refractivity contribution >= 4 is 14.0 Å². The van der Waals surface area contributed by atoms with Gasteiger partial charge in [-0.15, -0.1) is 0 Å². The van der Waals surface area contributed by atoms with Crippen molar-refractivity contribution in [2.75, 3.05) is 12.8 Å². The molecule has 3 rings (SSSR count). The van der Waals surface area contributed by atoms with Crippen LogP contribution in [0, 0.1) is 17.7 Å². The highest BCUT2D eigenvalue weighted by Gasteiger charge is 2.18. The molecule has 0 aliphatic rings. The highest BCUT2D eigenvalue weighted by molar-refractivity contribution is 7.39. The van der Waals surface area contributed by atoms with Gasteiger partial charge >= 0.3 is 5.97 Å². The molecule has 0 fully saturated rings. The van der Waals surface area contributed by atoms with Gasteiger partial charge in [0.1, 0.15) is 12.4 Å². The van der Waals surface area contributed by atoms with E-state index in [0.29, 0.717) is 28.3 Å². The Labute approximate surface area is 203 Å². The van der Waals surface area contributed by atoms with Crippen LogP contribution in [0.3, 0.4) is 0 Å². The predicted octanol–water partition coefficient (Wildman–Crippen LogP) is 4.75. The van der Waals surface area contributed by atoms with E-state index in [1.165, 1.54) is 12.1 Å². The van der Waals surface area contributed by atoms with Crippen molar-refractivity contribution in [1.29, 1.82) is 0 Å². The van der Waals surface area contributed by atoms with E-state index in [1.807, 2.05) is 44.2 Å². The summed E-state index contributed by atoms with van der Waals surface area (Å²) in [5, 5.41) is 18.3. The molecule has 2 N–H and O–H groups in total. The molecule has 9 heteroatoms. The van der Waals surface area contributed by atoms with Crippen molar-refractivity contribution < 1.29 is 28.5 Å². The minimum Gasteiger partial charge on any atom is -0.481 e. The first kappa shape index (κ1) is 26.2. The van der Waals surface area contributed by atoms with E-state index in [-0.39, 0.29) is 24.5 Å². The van der Waals surface area contributed by atoms with E-state index >= 15 is 0 Å². The lowest BCUT2D eigenvalue weighted by Gasteiger charge is -2.15. The SMILES string of the molecule is CC(C)c1nc(-c2ccccc2)nc(-c2ccc(F)cc2)c1C#CCO[PH](=O)CC(O)CC(=O)O. The van der Waals surface area contributed by atoms with Gasteiger partial charge in [0, 0.05) is 17.3 Å². The molecule has 0 amide bonds. The van der Waals surface area contributed by atoms with Crippen LogP contribution in [0.5, 0.6) is 0 Å². The number of carboxylic acid groups (broad SMARTS) is 1. The number of aliphatic carboxylic acids is 1. The quantitative estimate of drug-likeness (QED) is 0.325.